The number of amides is 5. The summed E-state index contributed by atoms with van der Waals surface area (Å²) in [6.45, 7) is 9.55. The van der Waals surface area contributed by atoms with Gasteiger partial charge in [-0.15, -0.1) is 0 Å². The molecule has 2 aromatic heterocycles. The van der Waals surface area contributed by atoms with Crippen LogP contribution in [0.4, 0.5) is 16.2 Å². The van der Waals surface area contributed by atoms with E-state index in [2.05, 4.69) is 49.7 Å². The van der Waals surface area contributed by atoms with Crippen molar-refractivity contribution in [3.8, 4) is 22.3 Å². The minimum atomic E-state index is -1.03. The standard InChI is InChI=1S/C62H71N7O8/c1-61(2)28-26-47-51(41-31-43(36-64-34-41)66-57(72)55-39-23-24-44(32-39)69(55)58(73)45(37-16-9-7-10-17-37)20-13-14-22-49(70)76-5)53-46(25-27-62(53,3)4)50(52(47)61)40-30-42(35-63-33-40)65-56(71)48-21-15-29-68(48)59(74)54(67-60(75)77-6)38-18-11-8-12-19-38/h7-12,16-19,30-31,33-36,39,44-45,48,54-55H,13-15,20-29,32H2,1-6H3,(H,65,71)(H,66,72)(H,67,75)/t39?,44?,45-,48+,54?,55?/m1/s1. The first-order valence-electron chi connectivity index (χ1n) is 27.5. The van der Waals surface area contributed by atoms with Crippen LogP contribution in [0.5, 0.6) is 0 Å². The number of nitrogens with zero attached hydrogens (tertiary/aromatic N) is 4. The number of methoxy groups -OCH3 is 2. The molecular weight excluding hydrogens is 971 g/mol. The highest BCUT2D eigenvalue weighted by Gasteiger charge is 2.52. The number of piperidine rings is 1. The largest absolute Gasteiger partial charge is 0.469 e. The number of nitrogens with one attached hydrogen (secondary N) is 3. The number of unbranched alkanes of at least 4 members (excludes halogenated alkanes) is 1. The van der Waals surface area contributed by atoms with Gasteiger partial charge in [0.1, 0.15) is 18.1 Å². The van der Waals surface area contributed by atoms with Crippen LogP contribution in [0, 0.1) is 5.92 Å². The van der Waals surface area contributed by atoms with E-state index < -0.39 is 30.1 Å². The second kappa shape index (κ2) is 21.9. The lowest BCUT2D eigenvalue weighted by atomic mass is 9.74. The summed E-state index contributed by atoms with van der Waals surface area (Å²) in [6.07, 6.45) is 15.7. The highest BCUT2D eigenvalue weighted by atomic mass is 16.5. The highest BCUT2D eigenvalue weighted by Crippen LogP contribution is 2.57. The Balaban J connectivity index is 0.931. The average molecular weight is 1040 g/mol. The molecule has 10 rings (SSSR count). The molecule has 5 amide bonds. The van der Waals surface area contributed by atoms with E-state index in [4.69, 9.17) is 19.4 Å². The number of fused-ring (bicyclic) bond motifs is 4. The molecule has 3 N–H and O–H groups in total. The molecule has 4 unspecified atom stereocenters. The molecule has 3 aromatic carbocycles. The average Bonchev–Trinajstić information content (AvgIpc) is 4.42. The van der Waals surface area contributed by atoms with E-state index in [0.29, 0.717) is 62.0 Å². The van der Waals surface area contributed by atoms with Crippen molar-refractivity contribution in [2.24, 2.45) is 5.92 Å². The second-order valence-corrected chi connectivity index (χ2v) is 23.0. The summed E-state index contributed by atoms with van der Waals surface area (Å²) >= 11 is 0. The normalized spacial score (nSPS) is 21.2. The molecule has 15 heteroatoms. The van der Waals surface area contributed by atoms with Crippen LogP contribution in [0.15, 0.2) is 97.6 Å². The predicted molar refractivity (Wildman–Crippen MR) is 294 cm³/mol. The smallest absolute Gasteiger partial charge is 0.407 e. The summed E-state index contributed by atoms with van der Waals surface area (Å²) in [5.41, 5.74) is 11.3. The van der Waals surface area contributed by atoms with E-state index in [-0.39, 0.29) is 52.4 Å². The summed E-state index contributed by atoms with van der Waals surface area (Å²) in [6, 6.07) is 20.4. The van der Waals surface area contributed by atoms with Gasteiger partial charge < -0.3 is 35.2 Å². The molecule has 2 bridgehead atoms. The number of aromatic nitrogens is 2. The molecule has 77 heavy (non-hydrogen) atoms. The quantitative estimate of drug-likeness (QED) is 0.0634. The molecule has 5 aliphatic rings. The Morgan fingerprint density at radius 3 is 1.86 bits per heavy atom. The van der Waals surface area contributed by atoms with Crippen LogP contribution in [0.1, 0.15) is 144 Å². The molecule has 15 nitrogen and oxygen atoms in total. The first-order valence-corrected chi connectivity index (χ1v) is 27.5. The Labute approximate surface area is 451 Å². The van der Waals surface area contributed by atoms with E-state index in [0.717, 1.165) is 72.8 Å². The van der Waals surface area contributed by atoms with Crippen LogP contribution in [-0.4, -0.2) is 94.3 Å². The third-order valence-corrected chi connectivity index (χ3v) is 17.3. The van der Waals surface area contributed by atoms with Crippen LogP contribution in [0.2, 0.25) is 0 Å². The van der Waals surface area contributed by atoms with Gasteiger partial charge in [-0.05, 0) is 144 Å². The van der Waals surface area contributed by atoms with Crippen molar-refractivity contribution in [1.29, 1.82) is 0 Å². The van der Waals surface area contributed by atoms with Gasteiger partial charge >= 0.3 is 12.1 Å². The van der Waals surface area contributed by atoms with Gasteiger partial charge in [0.2, 0.25) is 17.7 Å². The fourth-order valence-electron chi connectivity index (χ4n) is 13.6. The van der Waals surface area contributed by atoms with Gasteiger partial charge in [0.05, 0.1) is 43.9 Å². The summed E-state index contributed by atoms with van der Waals surface area (Å²) in [5, 5.41) is 9.06. The third-order valence-electron chi connectivity index (χ3n) is 17.3. The molecule has 3 fully saturated rings. The number of pyridine rings is 2. The third kappa shape index (κ3) is 10.4. The van der Waals surface area contributed by atoms with E-state index in [9.17, 15) is 28.8 Å². The molecule has 4 heterocycles. The Hall–Kier alpha value is -7.42. The van der Waals surface area contributed by atoms with Gasteiger partial charge in [-0.3, -0.25) is 33.9 Å². The van der Waals surface area contributed by atoms with Gasteiger partial charge in [0.15, 0.2) is 0 Å². The Morgan fingerprint density at radius 2 is 1.27 bits per heavy atom. The number of benzene rings is 3. The Morgan fingerprint density at radius 1 is 0.688 bits per heavy atom. The SMILES string of the molecule is COC(=O)CCCC[C@@H](C(=O)N1C2CCC(C2)C1C(=O)Nc1cncc(-c2c3c(c(-c4cncc(NC(=O)[C@@H]5CCCN5C(=O)C(NC(=O)OC)c5ccccc5)c4)c4c2C(C)(C)CC4)C(C)(C)CC3)c1)c1ccccc1. The molecule has 0 radical (unpaired) electrons. The zero-order valence-corrected chi connectivity index (χ0v) is 45.2. The fourth-order valence-corrected chi connectivity index (χ4v) is 13.6. The lowest BCUT2D eigenvalue weighted by Crippen LogP contribution is -2.52. The van der Waals surface area contributed by atoms with Gasteiger partial charge in [0, 0.05) is 42.5 Å². The number of alkyl carbamates (subject to hydrolysis) is 1. The molecular formula is C62H71N7O8. The van der Waals surface area contributed by atoms with E-state index in [1.54, 1.807) is 41.6 Å². The lowest BCUT2D eigenvalue weighted by Gasteiger charge is -2.37. The number of likely N-dealkylation sites (tertiary alicyclic amines) is 2. The van der Waals surface area contributed by atoms with Crippen molar-refractivity contribution in [2.75, 3.05) is 31.4 Å². The molecule has 6 atom stereocenters. The van der Waals surface area contributed by atoms with Crippen LogP contribution < -0.4 is 16.0 Å². The first kappa shape index (κ1) is 53.0. The summed E-state index contributed by atoms with van der Waals surface area (Å²) in [4.78, 5) is 95.3. The molecule has 5 aromatic rings. The predicted octanol–water partition coefficient (Wildman–Crippen LogP) is 10.1. The number of anilines is 2. The summed E-state index contributed by atoms with van der Waals surface area (Å²) in [5.74, 6) is -1.61. The number of rotatable bonds is 16. The van der Waals surface area contributed by atoms with Crippen molar-refractivity contribution < 1.29 is 38.2 Å². The lowest BCUT2D eigenvalue weighted by molar-refractivity contribution is -0.142. The molecule has 2 saturated heterocycles. The summed E-state index contributed by atoms with van der Waals surface area (Å²) in [7, 11) is 2.63. The minimum absolute atomic E-state index is 0.0137. The maximum Gasteiger partial charge on any atom is 0.407 e. The van der Waals surface area contributed by atoms with Crippen molar-refractivity contribution >= 4 is 47.1 Å². The highest BCUT2D eigenvalue weighted by molar-refractivity contribution is 6.01. The van der Waals surface area contributed by atoms with E-state index >= 15 is 0 Å². The van der Waals surface area contributed by atoms with Crippen molar-refractivity contribution in [3.63, 3.8) is 0 Å². The Bertz CT molecular complexity index is 3090. The second-order valence-electron chi connectivity index (χ2n) is 23.0. The number of hydrogen-bond donors (Lipinski definition) is 3. The first-order chi connectivity index (χ1) is 37.1. The van der Waals surface area contributed by atoms with Gasteiger partial charge in [-0.2, -0.15) is 0 Å². The minimum Gasteiger partial charge on any atom is -0.469 e. The molecule has 1 saturated carbocycles. The maximum absolute atomic E-state index is 14.8. The molecule has 402 valence electrons. The monoisotopic (exact) mass is 1040 g/mol. The van der Waals surface area contributed by atoms with E-state index in [1.807, 2.05) is 59.8 Å². The molecule has 0 spiro atoms. The number of esters is 1. The van der Waals surface area contributed by atoms with Gasteiger partial charge in [-0.1, -0.05) is 94.8 Å². The number of hydrogen-bond acceptors (Lipinski definition) is 10. The fraction of sp³-hybridized carbons (Fsp3) is 0.452. The van der Waals surface area contributed by atoms with Crippen LogP contribution in [0.25, 0.3) is 22.3 Å². The Kier molecular flexibility index (Phi) is 15.1. The summed E-state index contributed by atoms with van der Waals surface area (Å²) < 4.78 is 9.73. The van der Waals surface area contributed by atoms with Crippen molar-refractivity contribution in [2.45, 2.75) is 152 Å². The number of carbonyl (C=O) groups is 6. The molecule has 3 aliphatic carbocycles. The van der Waals surface area contributed by atoms with Crippen LogP contribution in [-0.2, 0) is 57.1 Å². The van der Waals surface area contributed by atoms with E-state index in [1.165, 1.54) is 36.5 Å². The van der Waals surface area contributed by atoms with Crippen molar-refractivity contribution in [1.82, 2.24) is 25.1 Å². The van der Waals surface area contributed by atoms with Gasteiger partial charge in [-0.25, -0.2) is 4.79 Å². The maximum atomic E-state index is 14.8. The number of carbonyl (C=O) groups excluding carboxylic acids is 6. The zero-order chi connectivity index (χ0) is 54.2. The van der Waals surface area contributed by atoms with Crippen LogP contribution in [0.3, 0.4) is 0 Å². The van der Waals surface area contributed by atoms with Crippen molar-refractivity contribution in [3.05, 3.63) is 131 Å². The van der Waals surface area contributed by atoms with Gasteiger partial charge in [0.25, 0.3) is 5.91 Å². The van der Waals surface area contributed by atoms with Crippen LogP contribution >= 0.6 is 0 Å². The zero-order valence-electron chi connectivity index (χ0n) is 45.2. The topological polar surface area (TPSA) is 189 Å². The number of ether oxygens (including phenoxy) is 2. The molecule has 2 aliphatic heterocycles.